The summed E-state index contributed by atoms with van der Waals surface area (Å²) in [4.78, 5) is 4.01. The number of nitrogens with two attached hydrogens (primary N) is 1. The molecule has 1 aromatic heterocycles. The topological polar surface area (TPSA) is 38.9 Å². The molecule has 0 aliphatic heterocycles. The van der Waals surface area contributed by atoms with E-state index < -0.39 is 17.8 Å². The molecule has 0 saturated heterocycles. The second kappa shape index (κ2) is 5.19. The van der Waals surface area contributed by atoms with Gasteiger partial charge in [0.2, 0.25) is 0 Å². The standard InChI is InChI=1S/C13H10ClF3N2/c14-10-5-2-6-19-12(10)11(18)8-3-1-4-9(7-8)13(15,16)17/h1-7,11H,18H2. The Morgan fingerprint density at radius 1 is 1.16 bits per heavy atom. The first-order valence-corrected chi connectivity index (χ1v) is 5.80. The van der Waals surface area contributed by atoms with E-state index in [0.717, 1.165) is 12.1 Å². The molecule has 1 heterocycles. The third-order valence-electron chi connectivity index (χ3n) is 2.65. The van der Waals surface area contributed by atoms with Gasteiger partial charge in [-0.2, -0.15) is 13.2 Å². The number of nitrogens with zero attached hydrogens (tertiary/aromatic N) is 1. The summed E-state index contributed by atoms with van der Waals surface area (Å²) in [6, 6.07) is 7.27. The molecule has 19 heavy (non-hydrogen) atoms. The van der Waals surface area contributed by atoms with E-state index in [-0.39, 0.29) is 0 Å². The molecule has 0 bridgehead atoms. The zero-order chi connectivity index (χ0) is 14.0. The summed E-state index contributed by atoms with van der Waals surface area (Å²) in [7, 11) is 0. The highest BCUT2D eigenvalue weighted by atomic mass is 35.5. The van der Waals surface area contributed by atoms with Crippen LogP contribution in [0, 0.1) is 0 Å². The number of hydrogen-bond donors (Lipinski definition) is 1. The molecule has 1 aromatic carbocycles. The molecule has 6 heteroatoms. The van der Waals surface area contributed by atoms with Crippen LogP contribution >= 0.6 is 11.6 Å². The number of alkyl halides is 3. The van der Waals surface area contributed by atoms with E-state index in [1.807, 2.05) is 0 Å². The summed E-state index contributed by atoms with van der Waals surface area (Å²) in [5.41, 5.74) is 5.84. The lowest BCUT2D eigenvalue weighted by atomic mass is 10.0. The van der Waals surface area contributed by atoms with E-state index >= 15 is 0 Å². The van der Waals surface area contributed by atoms with Crippen LogP contribution in [0.3, 0.4) is 0 Å². The zero-order valence-corrected chi connectivity index (χ0v) is 10.4. The van der Waals surface area contributed by atoms with Crippen molar-refractivity contribution in [1.82, 2.24) is 4.98 Å². The van der Waals surface area contributed by atoms with Crippen LogP contribution in [0.2, 0.25) is 5.02 Å². The van der Waals surface area contributed by atoms with Gasteiger partial charge >= 0.3 is 6.18 Å². The van der Waals surface area contributed by atoms with Crippen LogP contribution in [-0.2, 0) is 6.18 Å². The van der Waals surface area contributed by atoms with Crippen LogP contribution in [-0.4, -0.2) is 4.98 Å². The lowest BCUT2D eigenvalue weighted by Gasteiger charge is -2.15. The normalized spacial score (nSPS) is 13.3. The molecule has 0 saturated carbocycles. The number of rotatable bonds is 2. The summed E-state index contributed by atoms with van der Waals surface area (Å²) < 4.78 is 37.9. The van der Waals surface area contributed by atoms with Crippen molar-refractivity contribution >= 4 is 11.6 Å². The average molecular weight is 287 g/mol. The smallest absolute Gasteiger partial charge is 0.319 e. The van der Waals surface area contributed by atoms with Gasteiger partial charge in [0.05, 0.1) is 22.3 Å². The number of pyridine rings is 1. The Morgan fingerprint density at radius 3 is 2.53 bits per heavy atom. The lowest BCUT2D eigenvalue weighted by Crippen LogP contribution is -2.15. The summed E-state index contributed by atoms with van der Waals surface area (Å²) in [5, 5.41) is 0.326. The summed E-state index contributed by atoms with van der Waals surface area (Å²) in [6.07, 6.45) is -2.90. The van der Waals surface area contributed by atoms with Gasteiger partial charge in [-0.1, -0.05) is 23.7 Å². The predicted octanol–water partition coefficient (Wildman–Crippen LogP) is 3.80. The van der Waals surface area contributed by atoms with Crippen LogP contribution in [0.1, 0.15) is 22.9 Å². The fraction of sp³-hybridized carbons (Fsp3) is 0.154. The zero-order valence-electron chi connectivity index (χ0n) is 9.66. The largest absolute Gasteiger partial charge is 0.416 e. The third-order valence-corrected chi connectivity index (χ3v) is 2.97. The minimum absolute atomic E-state index is 0.315. The molecule has 2 rings (SSSR count). The molecule has 0 radical (unpaired) electrons. The van der Waals surface area contributed by atoms with E-state index in [4.69, 9.17) is 17.3 Å². The number of aromatic nitrogens is 1. The first kappa shape index (κ1) is 13.8. The number of hydrogen-bond acceptors (Lipinski definition) is 2. The Labute approximate surface area is 113 Å². The Kier molecular flexibility index (Phi) is 3.78. The lowest BCUT2D eigenvalue weighted by molar-refractivity contribution is -0.137. The SMILES string of the molecule is NC(c1cccc(C(F)(F)F)c1)c1ncccc1Cl. The fourth-order valence-electron chi connectivity index (χ4n) is 1.69. The quantitative estimate of drug-likeness (QED) is 0.912. The molecular formula is C13H10ClF3N2. The highest BCUT2D eigenvalue weighted by Crippen LogP contribution is 2.32. The van der Waals surface area contributed by atoms with E-state index in [1.165, 1.54) is 18.3 Å². The fourth-order valence-corrected chi connectivity index (χ4v) is 1.93. The number of halogens is 4. The molecular weight excluding hydrogens is 277 g/mol. The average Bonchev–Trinajstić information content (AvgIpc) is 2.38. The maximum absolute atomic E-state index is 12.6. The number of benzene rings is 1. The van der Waals surface area contributed by atoms with Gasteiger partial charge in [0.25, 0.3) is 0 Å². The molecule has 2 nitrogen and oxygen atoms in total. The van der Waals surface area contributed by atoms with Crippen molar-refractivity contribution in [1.29, 1.82) is 0 Å². The van der Waals surface area contributed by atoms with Gasteiger partial charge in [-0.3, -0.25) is 4.98 Å². The maximum atomic E-state index is 12.6. The molecule has 0 aliphatic rings. The summed E-state index contributed by atoms with van der Waals surface area (Å²) >= 11 is 5.93. The van der Waals surface area contributed by atoms with E-state index in [9.17, 15) is 13.2 Å². The van der Waals surface area contributed by atoms with Crippen LogP contribution in [0.4, 0.5) is 13.2 Å². The van der Waals surface area contributed by atoms with Crippen molar-refractivity contribution in [3.63, 3.8) is 0 Å². The second-order valence-corrected chi connectivity index (χ2v) is 4.38. The van der Waals surface area contributed by atoms with Crippen molar-refractivity contribution in [2.45, 2.75) is 12.2 Å². The highest BCUT2D eigenvalue weighted by Gasteiger charge is 2.31. The van der Waals surface area contributed by atoms with Crippen LogP contribution < -0.4 is 5.73 Å². The van der Waals surface area contributed by atoms with E-state index in [1.54, 1.807) is 12.1 Å². The molecule has 1 unspecified atom stereocenters. The molecule has 0 aliphatic carbocycles. The highest BCUT2D eigenvalue weighted by molar-refractivity contribution is 6.31. The van der Waals surface area contributed by atoms with Crippen LogP contribution in [0.25, 0.3) is 0 Å². The monoisotopic (exact) mass is 286 g/mol. The van der Waals surface area contributed by atoms with Crippen LogP contribution in [0.5, 0.6) is 0 Å². The minimum Gasteiger partial charge on any atom is -0.319 e. The molecule has 0 spiro atoms. The van der Waals surface area contributed by atoms with Crippen molar-refractivity contribution in [2.24, 2.45) is 5.73 Å². The predicted molar refractivity (Wildman–Crippen MR) is 66.7 cm³/mol. The molecule has 0 fully saturated rings. The van der Waals surface area contributed by atoms with Gasteiger partial charge in [0.1, 0.15) is 0 Å². The van der Waals surface area contributed by atoms with Gasteiger partial charge in [-0.25, -0.2) is 0 Å². The third kappa shape index (κ3) is 3.05. The van der Waals surface area contributed by atoms with Crippen molar-refractivity contribution in [3.8, 4) is 0 Å². The molecule has 100 valence electrons. The van der Waals surface area contributed by atoms with Gasteiger partial charge in [-0.05, 0) is 29.8 Å². The Morgan fingerprint density at radius 2 is 1.89 bits per heavy atom. The van der Waals surface area contributed by atoms with Crippen molar-refractivity contribution in [2.75, 3.05) is 0 Å². The molecule has 1 atom stereocenters. The first-order valence-electron chi connectivity index (χ1n) is 5.43. The van der Waals surface area contributed by atoms with Gasteiger partial charge in [0.15, 0.2) is 0 Å². The Hall–Kier alpha value is -1.59. The van der Waals surface area contributed by atoms with Gasteiger partial charge in [-0.15, -0.1) is 0 Å². The first-order chi connectivity index (χ1) is 8.89. The Balaban J connectivity index is 2.40. The van der Waals surface area contributed by atoms with Gasteiger partial charge < -0.3 is 5.73 Å². The van der Waals surface area contributed by atoms with Crippen molar-refractivity contribution < 1.29 is 13.2 Å². The maximum Gasteiger partial charge on any atom is 0.416 e. The minimum atomic E-state index is -4.40. The van der Waals surface area contributed by atoms with E-state index in [2.05, 4.69) is 4.98 Å². The van der Waals surface area contributed by atoms with Crippen LogP contribution in [0.15, 0.2) is 42.6 Å². The summed E-state index contributed by atoms with van der Waals surface area (Å²) in [5.74, 6) is 0. The summed E-state index contributed by atoms with van der Waals surface area (Å²) in [6.45, 7) is 0. The molecule has 2 aromatic rings. The van der Waals surface area contributed by atoms with Gasteiger partial charge in [0, 0.05) is 6.20 Å². The molecule has 0 amide bonds. The Bertz CT molecular complexity index is 584. The van der Waals surface area contributed by atoms with Crippen molar-refractivity contribution in [3.05, 3.63) is 64.4 Å². The molecule has 2 N–H and O–H groups in total. The second-order valence-electron chi connectivity index (χ2n) is 3.97. The van der Waals surface area contributed by atoms with E-state index in [0.29, 0.717) is 16.3 Å².